The second kappa shape index (κ2) is 9.17. The quantitative estimate of drug-likeness (QED) is 0.452. The Hall–Kier alpha value is -3.49. The maximum atomic E-state index is 13.1. The van der Waals surface area contributed by atoms with Crippen molar-refractivity contribution in [3.8, 4) is 11.5 Å². The molecule has 178 valence electrons. The molecule has 0 aliphatic rings. The van der Waals surface area contributed by atoms with Crippen molar-refractivity contribution in [2.45, 2.75) is 38.0 Å². The lowest BCUT2D eigenvalue weighted by atomic mass is 9.86. The molecular formula is C25H32N2O5S. The van der Waals surface area contributed by atoms with Crippen molar-refractivity contribution in [2.75, 3.05) is 5.32 Å². The first-order chi connectivity index (χ1) is 15.3. The highest BCUT2D eigenvalue weighted by atomic mass is 32.2. The fourth-order valence-electron chi connectivity index (χ4n) is 3.12. The average Bonchev–Trinajstić information content (AvgIpc) is 2.72. The minimum atomic E-state index is -3.91. The Morgan fingerprint density at radius 2 is 1.67 bits per heavy atom. The molecule has 1 amide bonds. The molecule has 0 bridgehead atoms. The minimum Gasteiger partial charge on any atom is -0.457 e. The summed E-state index contributed by atoms with van der Waals surface area (Å²) in [6, 6.07) is 17.7. The highest BCUT2D eigenvalue weighted by Crippen LogP contribution is 2.32. The Morgan fingerprint density at radius 3 is 2.30 bits per heavy atom. The Morgan fingerprint density at radius 1 is 0.970 bits per heavy atom. The van der Waals surface area contributed by atoms with Crippen LogP contribution in [0, 0.1) is 0 Å². The number of carbonyl (C=O) groups excluding carboxylic acids is 2. The molecule has 0 heterocycles. The zero-order valence-corrected chi connectivity index (χ0v) is 19.7. The lowest BCUT2D eigenvalue weighted by Crippen LogP contribution is -2.17. The summed E-state index contributed by atoms with van der Waals surface area (Å²) in [6.45, 7) is 7.59. The summed E-state index contributed by atoms with van der Waals surface area (Å²) in [7, 11) is -3.91. The third kappa shape index (κ3) is 6.06. The number of amides is 1. The molecule has 0 unspecified atom stereocenters. The predicted molar refractivity (Wildman–Crippen MR) is 134 cm³/mol. The largest absolute Gasteiger partial charge is 0.457 e. The van der Waals surface area contributed by atoms with Crippen molar-refractivity contribution in [3.63, 3.8) is 0 Å². The maximum absolute atomic E-state index is 13.1. The number of sulfonamides is 1. The van der Waals surface area contributed by atoms with Crippen LogP contribution in [0.15, 0.2) is 71.6 Å². The van der Waals surface area contributed by atoms with Crippen molar-refractivity contribution in [1.82, 2.24) is 0 Å². The van der Waals surface area contributed by atoms with Crippen molar-refractivity contribution < 1.29 is 27.0 Å². The van der Waals surface area contributed by atoms with Gasteiger partial charge in [-0.2, -0.15) is 0 Å². The molecule has 0 saturated carbocycles. The van der Waals surface area contributed by atoms with E-state index in [0.717, 1.165) is 5.56 Å². The standard InChI is InChI=1S/C25H26N2O5S.3H2/c1-16(28)17-7-5-9-20(13-17)32-23-14-18(25(2,3)4)11-12-22(23)24(29)27-19-8-6-10-21(15-19)33(26,30)31;;;/h5-15H,1-4H3,(H,27,29)(H2,26,30,31);3*1H. The van der Waals surface area contributed by atoms with Crippen molar-refractivity contribution >= 4 is 27.4 Å². The van der Waals surface area contributed by atoms with Crippen molar-refractivity contribution in [3.05, 3.63) is 83.4 Å². The van der Waals surface area contributed by atoms with Crippen LogP contribution in [0.3, 0.4) is 0 Å². The van der Waals surface area contributed by atoms with E-state index < -0.39 is 15.9 Å². The number of ketones is 1. The zero-order chi connectivity index (χ0) is 24.4. The maximum Gasteiger partial charge on any atom is 0.259 e. The molecule has 3 aromatic rings. The van der Waals surface area contributed by atoms with E-state index in [1.54, 1.807) is 42.5 Å². The van der Waals surface area contributed by atoms with Crippen LogP contribution in [-0.4, -0.2) is 20.1 Å². The predicted octanol–water partition coefficient (Wildman–Crippen LogP) is 5.62. The molecular weight excluding hydrogens is 440 g/mol. The summed E-state index contributed by atoms with van der Waals surface area (Å²) in [5.41, 5.74) is 1.77. The van der Waals surface area contributed by atoms with Crippen LogP contribution in [-0.2, 0) is 15.4 Å². The second-order valence-electron chi connectivity index (χ2n) is 8.67. The van der Waals surface area contributed by atoms with Gasteiger partial charge in [0.1, 0.15) is 11.5 Å². The minimum absolute atomic E-state index is 0. The van der Waals surface area contributed by atoms with Crippen LogP contribution in [0.5, 0.6) is 11.5 Å². The Bertz CT molecular complexity index is 1340. The van der Waals surface area contributed by atoms with Gasteiger partial charge in [-0.1, -0.05) is 45.0 Å². The van der Waals surface area contributed by atoms with E-state index in [1.165, 1.54) is 25.1 Å². The second-order valence-corrected chi connectivity index (χ2v) is 10.2. The molecule has 0 spiro atoms. The molecule has 0 fully saturated rings. The van der Waals surface area contributed by atoms with Crippen molar-refractivity contribution in [1.29, 1.82) is 0 Å². The number of primary sulfonamides is 1. The lowest BCUT2D eigenvalue weighted by Gasteiger charge is -2.21. The topological polar surface area (TPSA) is 116 Å². The summed E-state index contributed by atoms with van der Waals surface area (Å²) in [5, 5.41) is 7.88. The molecule has 0 aliphatic carbocycles. The van der Waals surface area contributed by atoms with Gasteiger partial charge in [0.2, 0.25) is 10.0 Å². The van der Waals surface area contributed by atoms with Crippen LogP contribution in [0.4, 0.5) is 5.69 Å². The van der Waals surface area contributed by atoms with Gasteiger partial charge in [0.25, 0.3) is 5.91 Å². The Labute approximate surface area is 198 Å². The summed E-state index contributed by atoms with van der Waals surface area (Å²) >= 11 is 0. The molecule has 0 atom stereocenters. The number of nitrogens with two attached hydrogens (primary N) is 1. The third-order valence-electron chi connectivity index (χ3n) is 4.98. The monoisotopic (exact) mass is 472 g/mol. The summed E-state index contributed by atoms with van der Waals surface area (Å²) < 4.78 is 29.3. The lowest BCUT2D eigenvalue weighted by molar-refractivity contribution is 0.101. The molecule has 0 aliphatic heterocycles. The number of ether oxygens (including phenoxy) is 1. The summed E-state index contributed by atoms with van der Waals surface area (Å²) in [6.07, 6.45) is 0. The van der Waals surface area contributed by atoms with Crippen LogP contribution >= 0.6 is 0 Å². The molecule has 0 radical (unpaired) electrons. The average molecular weight is 473 g/mol. The molecule has 33 heavy (non-hydrogen) atoms. The van der Waals surface area contributed by atoms with Gasteiger partial charge in [-0.05, 0) is 60.4 Å². The number of rotatable bonds is 6. The van der Waals surface area contributed by atoms with Gasteiger partial charge in [-0.3, -0.25) is 9.59 Å². The van der Waals surface area contributed by atoms with Crippen LogP contribution < -0.4 is 15.2 Å². The molecule has 8 heteroatoms. The van der Waals surface area contributed by atoms with E-state index in [-0.39, 0.29) is 31.6 Å². The Kier molecular flexibility index (Phi) is 6.71. The van der Waals surface area contributed by atoms with E-state index in [1.807, 2.05) is 26.8 Å². The normalized spacial score (nSPS) is 11.7. The SMILES string of the molecule is CC(=O)c1cccc(Oc2cc(C(C)(C)C)ccc2C(=O)Nc2cccc(S(N)(=O)=O)c2)c1.[HH].[HH].[HH]. The van der Waals surface area contributed by atoms with Gasteiger partial charge < -0.3 is 10.1 Å². The number of benzene rings is 3. The number of hydrogen-bond donors (Lipinski definition) is 2. The van der Waals surface area contributed by atoms with Gasteiger partial charge in [0.05, 0.1) is 10.5 Å². The smallest absolute Gasteiger partial charge is 0.259 e. The zero-order valence-electron chi connectivity index (χ0n) is 18.9. The van der Waals surface area contributed by atoms with E-state index in [9.17, 15) is 18.0 Å². The highest BCUT2D eigenvalue weighted by Gasteiger charge is 2.20. The fraction of sp³-hybridized carbons (Fsp3) is 0.200. The van der Waals surface area contributed by atoms with Gasteiger partial charge >= 0.3 is 0 Å². The first kappa shape index (κ1) is 24.2. The fourth-order valence-corrected chi connectivity index (χ4v) is 3.68. The first-order valence-corrected chi connectivity index (χ1v) is 11.8. The van der Waals surface area contributed by atoms with Gasteiger partial charge in [-0.15, -0.1) is 0 Å². The van der Waals surface area contributed by atoms with Crippen molar-refractivity contribution in [2.24, 2.45) is 5.14 Å². The molecule has 3 aromatic carbocycles. The molecule has 7 nitrogen and oxygen atoms in total. The van der Waals surface area contributed by atoms with Crippen LogP contribution in [0.1, 0.15) is 58.3 Å². The number of nitrogens with one attached hydrogen (secondary N) is 1. The molecule has 0 saturated heterocycles. The van der Waals surface area contributed by atoms with E-state index in [4.69, 9.17) is 9.88 Å². The van der Waals surface area contributed by atoms with E-state index in [2.05, 4.69) is 5.32 Å². The molecule has 3 N–H and O–H groups in total. The number of carbonyl (C=O) groups is 2. The summed E-state index contributed by atoms with van der Waals surface area (Å²) in [4.78, 5) is 24.7. The number of Topliss-reactive ketones (excluding diaryl/α,β-unsaturated/α-hetero) is 1. The highest BCUT2D eigenvalue weighted by molar-refractivity contribution is 7.89. The molecule has 0 aromatic heterocycles. The van der Waals surface area contributed by atoms with Gasteiger partial charge in [0, 0.05) is 15.5 Å². The van der Waals surface area contributed by atoms with Gasteiger partial charge in [-0.25, -0.2) is 13.6 Å². The summed E-state index contributed by atoms with van der Waals surface area (Å²) in [5.74, 6) is 0.138. The molecule has 3 rings (SSSR count). The Balaban J connectivity index is 0.00000408. The van der Waals surface area contributed by atoms with Crippen LogP contribution in [0.2, 0.25) is 0 Å². The van der Waals surface area contributed by atoms with E-state index in [0.29, 0.717) is 17.1 Å². The first-order valence-electron chi connectivity index (χ1n) is 10.2. The number of hydrogen-bond acceptors (Lipinski definition) is 5. The van der Waals surface area contributed by atoms with E-state index >= 15 is 0 Å². The number of anilines is 1. The van der Waals surface area contributed by atoms with Gasteiger partial charge in [0.15, 0.2) is 5.78 Å². The van der Waals surface area contributed by atoms with Crippen LogP contribution in [0.25, 0.3) is 0 Å². The third-order valence-corrected chi connectivity index (χ3v) is 5.89.